The zero-order valence-corrected chi connectivity index (χ0v) is 17.8. The van der Waals surface area contributed by atoms with Gasteiger partial charge in [-0.15, -0.1) is 0 Å². The number of nitrogens with two attached hydrogens (primary N) is 1. The van der Waals surface area contributed by atoms with Crippen molar-refractivity contribution in [1.29, 1.82) is 0 Å². The Kier molecular flexibility index (Phi) is 6.53. The van der Waals surface area contributed by atoms with Gasteiger partial charge < -0.3 is 15.9 Å². The first-order valence-electron chi connectivity index (χ1n) is 9.48. The number of carbonyl (C=O) groups is 1. The van der Waals surface area contributed by atoms with Crippen LogP contribution in [-0.2, 0) is 27.9 Å². The number of amides is 1. The summed E-state index contributed by atoms with van der Waals surface area (Å²) in [6.07, 6.45) is 1.56. The van der Waals surface area contributed by atoms with Crippen LogP contribution < -0.4 is 10.5 Å². The van der Waals surface area contributed by atoms with Crippen LogP contribution >= 0.6 is 0 Å². The third kappa shape index (κ3) is 4.08. The summed E-state index contributed by atoms with van der Waals surface area (Å²) >= 11 is 0. The molecule has 0 bridgehead atoms. The van der Waals surface area contributed by atoms with Crippen molar-refractivity contribution in [3.05, 3.63) is 102 Å². The molecule has 0 radical (unpaired) electrons. The number of nitrogens with zero attached hydrogens (tertiary/aromatic N) is 2. The Balaban J connectivity index is 0.00000272. The molecule has 0 aromatic heterocycles. The van der Waals surface area contributed by atoms with Crippen molar-refractivity contribution in [2.24, 2.45) is 10.7 Å². The van der Waals surface area contributed by atoms with Crippen LogP contribution in [0.3, 0.4) is 0 Å². The highest BCUT2D eigenvalue weighted by molar-refractivity contribution is 7.85. The highest BCUT2D eigenvalue weighted by Crippen LogP contribution is 2.40. The number of benzene rings is 3. The van der Waals surface area contributed by atoms with Gasteiger partial charge in [0.15, 0.2) is 11.5 Å². The molecule has 1 amide bonds. The van der Waals surface area contributed by atoms with E-state index in [4.69, 9.17) is 10.7 Å². The molecule has 0 aliphatic carbocycles. The van der Waals surface area contributed by atoms with Crippen LogP contribution in [-0.4, -0.2) is 32.7 Å². The minimum Gasteiger partial charge on any atom is -0.412 e. The van der Waals surface area contributed by atoms with E-state index in [0.29, 0.717) is 5.69 Å². The largest absolute Gasteiger partial charge is 0.412 e. The third-order valence-corrected chi connectivity index (χ3v) is 5.60. The van der Waals surface area contributed by atoms with Crippen LogP contribution in [0.15, 0.2) is 89.9 Å². The van der Waals surface area contributed by atoms with Gasteiger partial charge in [0.2, 0.25) is 0 Å². The average molecular weight is 437 g/mol. The lowest BCUT2D eigenvalue weighted by atomic mass is 9.83. The SMILES string of the molecule is CS(=O)Nc1ccccc1CN1C(=O)C(c2ccccc2)(c2ccccc2)N=C1N.O. The van der Waals surface area contributed by atoms with E-state index < -0.39 is 16.5 Å². The molecule has 5 N–H and O–H groups in total. The van der Waals surface area contributed by atoms with Crippen LogP contribution in [0.5, 0.6) is 0 Å². The van der Waals surface area contributed by atoms with Crippen LogP contribution in [0, 0.1) is 0 Å². The average Bonchev–Trinajstić information content (AvgIpc) is 3.01. The molecule has 4 rings (SSSR count). The quantitative estimate of drug-likeness (QED) is 0.616. The van der Waals surface area contributed by atoms with Gasteiger partial charge in [-0.2, -0.15) is 0 Å². The second kappa shape index (κ2) is 9.11. The molecule has 160 valence electrons. The second-order valence-electron chi connectivity index (χ2n) is 7.02. The maximum Gasteiger partial charge on any atom is 0.266 e. The number of rotatable bonds is 6. The summed E-state index contributed by atoms with van der Waals surface area (Å²) in [5.41, 5.74) is 8.07. The van der Waals surface area contributed by atoms with E-state index in [0.717, 1.165) is 16.7 Å². The van der Waals surface area contributed by atoms with Gasteiger partial charge in [-0.25, -0.2) is 9.20 Å². The first kappa shape index (κ1) is 22.2. The van der Waals surface area contributed by atoms with Crippen molar-refractivity contribution in [3.8, 4) is 0 Å². The molecule has 8 heteroatoms. The van der Waals surface area contributed by atoms with E-state index in [2.05, 4.69) is 4.72 Å². The van der Waals surface area contributed by atoms with Crippen molar-refractivity contribution < 1.29 is 14.5 Å². The normalized spacial score (nSPS) is 15.7. The van der Waals surface area contributed by atoms with Gasteiger partial charge in [-0.3, -0.25) is 9.69 Å². The topological polar surface area (TPSA) is 119 Å². The molecule has 1 aliphatic heterocycles. The molecule has 1 aliphatic rings. The molecule has 0 fully saturated rings. The summed E-state index contributed by atoms with van der Waals surface area (Å²) in [5.74, 6) is -0.0649. The summed E-state index contributed by atoms with van der Waals surface area (Å²) in [4.78, 5) is 20.0. The van der Waals surface area contributed by atoms with E-state index in [9.17, 15) is 9.00 Å². The van der Waals surface area contributed by atoms with E-state index in [-0.39, 0.29) is 23.9 Å². The van der Waals surface area contributed by atoms with E-state index in [1.807, 2.05) is 84.9 Å². The van der Waals surface area contributed by atoms with Crippen LogP contribution in [0.25, 0.3) is 0 Å². The maximum absolute atomic E-state index is 13.8. The molecule has 3 aromatic carbocycles. The van der Waals surface area contributed by atoms with E-state index >= 15 is 0 Å². The summed E-state index contributed by atoms with van der Waals surface area (Å²) in [5, 5.41) is 0. The zero-order chi connectivity index (χ0) is 21.1. The Morgan fingerprint density at radius 1 is 0.935 bits per heavy atom. The number of hydrogen-bond donors (Lipinski definition) is 2. The van der Waals surface area contributed by atoms with Gasteiger partial charge in [0.05, 0.1) is 12.2 Å². The third-order valence-electron chi connectivity index (χ3n) is 5.10. The van der Waals surface area contributed by atoms with Crippen molar-refractivity contribution in [3.63, 3.8) is 0 Å². The highest BCUT2D eigenvalue weighted by atomic mass is 32.2. The Hall–Kier alpha value is -3.49. The van der Waals surface area contributed by atoms with Gasteiger partial charge in [0, 0.05) is 6.26 Å². The Morgan fingerprint density at radius 3 is 2.00 bits per heavy atom. The molecular formula is C23H24N4O3S. The van der Waals surface area contributed by atoms with E-state index in [1.54, 1.807) is 6.26 Å². The van der Waals surface area contributed by atoms with Gasteiger partial charge >= 0.3 is 0 Å². The van der Waals surface area contributed by atoms with Crippen LogP contribution in [0.1, 0.15) is 16.7 Å². The Morgan fingerprint density at radius 2 is 1.45 bits per heavy atom. The number of carbonyl (C=O) groups excluding carboxylic acids is 1. The maximum atomic E-state index is 13.8. The molecule has 0 spiro atoms. The molecular weight excluding hydrogens is 412 g/mol. The molecule has 1 heterocycles. The summed E-state index contributed by atoms with van der Waals surface area (Å²) in [6.45, 7) is 0.218. The van der Waals surface area contributed by atoms with Crippen LogP contribution in [0.4, 0.5) is 5.69 Å². The number of aliphatic imine (C=N–C) groups is 1. The lowest BCUT2D eigenvalue weighted by Gasteiger charge is -2.27. The minimum atomic E-state index is -1.24. The molecule has 0 saturated carbocycles. The van der Waals surface area contributed by atoms with Gasteiger partial charge in [-0.1, -0.05) is 78.9 Å². The first-order chi connectivity index (χ1) is 14.5. The first-order valence-corrected chi connectivity index (χ1v) is 11.0. The number of hydrogen-bond acceptors (Lipinski definition) is 4. The Bertz CT molecular complexity index is 1080. The summed E-state index contributed by atoms with van der Waals surface area (Å²) < 4.78 is 14.6. The molecule has 1 unspecified atom stereocenters. The molecule has 3 aromatic rings. The fourth-order valence-corrected chi connectivity index (χ4v) is 4.23. The zero-order valence-electron chi connectivity index (χ0n) is 17.0. The van der Waals surface area contributed by atoms with E-state index in [1.165, 1.54) is 4.90 Å². The summed E-state index contributed by atoms with van der Waals surface area (Å²) in [7, 11) is -1.24. The predicted molar refractivity (Wildman–Crippen MR) is 124 cm³/mol. The van der Waals surface area contributed by atoms with Crippen LogP contribution in [0.2, 0.25) is 0 Å². The molecule has 0 saturated heterocycles. The van der Waals surface area contributed by atoms with Gasteiger partial charge in [0.1, 0.15) is 11.0 Å². The van der Waals surface area contributed by atoms with Crippen molar-refractivity contribution in [1.82, 2.24) is 4.90 Å². The fourth-order valence-electron chi connectivity index (χ4n) is 3.72. The monoisotopic (exact) mass is 436 g/mol. The van der Waals surface area contributed by atoms with Crippen molar-refractivity contribution in [2.75, 3.05) is 11.0 Å². The number of guanidine groups is 1. The molecule has 7 nitrogen and oxygen atoms in total. The van der Waals surface area contributed by atoms with Gasteiger partial charge in [0.25, 0.3) is 5.91 Å². The highest BCUT2D eigenvalue weighted by Gasteiger charge is 2.50. The van der Waals surface area contributed by atoms with Crippen molar-refractivity contribution in [2.45, 2.75) is 12.1 Å². The lowest BCUT2D eigenvalue weighted by Crippen LogP contribution is -2.43. The smallest absolute Gasteiger partial charge is 0.266 e. The minimum absolute atomic E-state index is 0. The number of anilines is 1. The lowest BCUT2D eigenvalue weighted by molar-refractivity contribution is -0.130. The van der Waals surface area contributed by atoms with Crippen molar-refractivity contribution >= 4 is 28.5 Å². The number of para-hydroxylation sites is 1. The Labute approximate surface area is 183 Å². The number of nitrogens with one attached hydrogen (secondary N) is 1. The second-order valence-corrected chi connectivity index (χ2v) is 8.13. The molecule has 1 atom stereocenters. The van der Waals surface area contributed by atoms with Gasteiger partial charge in [-0.05, 0) is 22.8 Å². The fraction of sp³-hybridized carbons (Fsp3) is 0.130. The predicted octanol–water partition coefficient (Wildman–Crippen LogP) is 2.17. The standard InChI is InChI=1S/C23H22N4O2S.H2O/c1-30(29)26-20-15-9-8-10-17(20)16-27-21(28)23(25-22(27)24,18-11-4-2-5-12-18)19-13-6-3-7-14-19;/h2-15,26H,16H2,1H3,(H2,24,25);1H2. The molecule has 31 heavy (non-hydrogen) atoms. The summed E-state index contributed by atoms with van der Waals surface area (Å²) in [6, 6.07) is 26.3.